The van der Waals surface area contributed by atoms with Crippen molar-refractivity contribution in [3.8, 4) is 0 Å². The van der Waals surface area contributed by atoms with Crippen LogP contribution in [-0.2, 0) is 13.6 Å². The van der Waals surface area contributed by atoms with Crippen LogP contribution in [0.2, 0.25) is 0 Å². The molecule has 0 aliphatic heterocycles. The summed E-state index contributed by atoms with van der Waals surface area (Å²) >= 11 is 0. The van der Waals surface area contributed by atoms with Crippen LogP contribution in [0.4, 0.5) is 4.39 Å². The largest absolute Gasteiger partial charge is 0.350 e. The Morgan fingerprint density at radius 3 is 2.76 bits per heavy atom. The molecule has 2 aromatic carbocycles. The minimum Gasteiger partial charge on any atom is -0.350 e. The molecule has 0 unspecified atom stereocenters. The van der Waals surface area contributed by atoms with E-state index in [1.54, 1.807) is 12.1 Å². The summed E-state index contributed by atoms with van der Waals surface area (Å²) in [4.78, 5) is 0. The van der Waals surface area contributed by atoms with E-state index in [-0.39, 0.29) is 11.9 Å². The average Bonchev–Trinajstić information content (AvgIpc) is 2.82. The van der Waals surface area contributed by atoms with E-state index in [9.17, 15) is 4.39 Å². The molecule has 0 fully saturated rings. The van der Waals surface area contributed by atoms with Crippen LogP contribution in [0.5, 0.6) is 0 Å². The Morgan fingerprint density at radius 1 is 1.14 bits per heavy atom. The number of aromatic nitrogens is 1. The Labute approximate surface area is 124 Å². The van der Waals surface area contributed by atoms with E-state index in [0.29, 0.717) is 0 Å². The molecule has 1 heterocycles. The summed E-state index contributed by atoms with van der Waals surface area (Å²) < 4.78 is 15.4. The van der Waals surface area contributed by atoms with Gasteiger partial charge in [0.2, 0.25) is 0 Å². The predicted octanol–water partition coefficient (Wildman–Crippen LogP) is 4.17. The van der Waals surface area contributed by atoms with Gasteiger partial charge in [-0.2, -0.15) is 0 Å². The molecule has 1 aromatic heterocycles. The first-order chi connectivity index (χ1) is 10.1. The lowest BCUT2D eigenvalue weighted by Crippen LogP contribution is -2.18. The topological polar surface area (TPSA) is 17.0 Å². The maximum atomic E-state index is 13.3. The number of hydrogen-bond donors (Lipinski definition) is 1. The summed E-state index contributed by atoms with van der Waals surface area (Å²) in [6.45, 7) is 2.82. The van der Waals surface area contributed by atoms with Crippen molar-refractivity contribution in [1.82, 2.24) is 9.88 Å². The molecule has 0 saturated carbocycles. The Balaban J connectivity index is 1.77. The van der Waals surface area contributed by atoms with Crippen molar-refractivity contribution < 1.29 is 4.39 Å². The fourth-order valence-electron chi connectivity index (χ4n) is 2.72. The van der Waals surface area contributed by atoms with Crippen LogP contribution in [0, 0.1) is 5.82 Å². The van der Waals surface area contributed by atoms with E-state index >= 15 is 0 Å². The molecule has 0 aliphatic carbocycles. The molecule has 3 heteroatoms. The highest BCUT2D eigenvalue weighted by Crippen LogP contribution is 2.21. The maximum Gasteiger partial charge on any atom is 0.123 e. The maximum absolute atomic E-state index is 13.3. The van der Waals surface area contributed by atoms with Gasteiger partial charge in [-0.3, -0.25) is 0 Å². The summed E-state index contributed by atoms with van der Waals surface area (Å²) in [7, 11) is 2.06. The van der Waals surface area contributed by atoms with Crippen LogP contribution in [0.25, 0.3) is 10.9 Å². The van der Waals surface area contributed by atoms with Gasteiger partial charge >= 0.3 is 0 Å². The SMILES string of the molecule is C[C@@H](NCc1cn(C)c2ccccc12)c1cccc(F)c1. The van der Waals surface area contributed by atoms with Gasteiger partial charge in [0.15, 0.2) is 0 Å². The van der Waals surface area contributed by atoms with Crippen LogP contribution in [0.15, 0.2) is 54.7 Å². The average molecular weight is 282 g/mol. The predicted molar refractivity (Wildman–Crippen MR) is 84.6 cm³/mol. The third-order valence-electron chi connectivity index (χ3n) is 3.93. The van der Waals surface area contributed by atoms with Crippen molar-refractivity contribution in [2.45, 2.75) is 19.5 Å². The van der Waals surface area contributed by atoms with Crippen molar-refractivity contribution in [3.63, 3.8) is 0 Å². The summed E-state index contributed by atoms with van der Waals surface area (Å²) in [5.41, 5.74) is 3.46. The lowest BCUT2D eigenvalue weighted by atomic mass is 10.1. The highest BCUT2D eigenvalue weighted by atomic mass is 19.1. The number of hydrogen-bond acceptors (Lipinski definition) is 1. The van der Waals surface area contributed by atoms with Gasteiger partial charge < -0.3 is 9.88 Å². The molecule has 0 spiro atoms. The van der Waals surface area contributed by atoms with Crippen molar-refractivity contribution in [2.75, 3.05) is 0 Å². The number of aryl methyl sites for hydroxylation is 1. The fourth-order valence-corrected chi connectivity index (χ4v) is 2.72. The molecule has 0 radical (unpaired) electrons. The van der Waals surface area contributed by atoms with E-state index in [1.165, 1.54) is 22.5 Å². The highest BCUT2D eigenvalue weighted by Gasteiger charge is 2.09. The van der Waals surface area contributed by atoms with Gasteiger partial charge in [-0.25, -0.2) is 4.39 Å². The van der Waals surface area contributed by atoms with Crippen LogP contribution in [-0.4, -0.2) is 4.57 Å². The van der Waals surface area contributed by atoms with Gasteiger partial charge in [-0.05, 0) is 36.2 Å². The molecule has 0 amide bonds. The summed E-state index contributed by atoms with van der Waals surface area (Å²) in [6.07, 6.45) is 2.15. The first kappa shape index (κ1) is 13.8. The molecule has 0 aliphatic rings. The molecule has 21 heavy (non-hydrogen) atoms. The van der Waals surface area contributed by atoms with Crippen molar-refractivity contribution >= 4 is 10.9 Å². The first-order valence-electron chi connectivity index (χ1n) is 7.17. The van der Waals surface area contributed by atoms with E-state index in [2.05, 4.69) is 54.3 Å². The van der Waals surface area contributed by atoms with Gasteiger partial charge in [0.25, 0.3) is 0 Å². The molecule has 108 valence electrons. The monoisotopic (exact) mass is 282 g/mol. The van der Waals surface area contributed by atoms with E-state index < -0.39 is 0 Å². The second-order valence-electron chi connectivity index (χ2n) is 5.44. The molecule has 2 nitrogen and oxygen atoms in total. The number of rotatable bonds is 4. The molecular weight excluding hydrogens is 263 g/mol. The van der Waals surface area contributed by atoms with E-state index in [0.717, 1.165) is 12.1 Å². The Kier molecular flexibility index (Phi) is 3.76. The first-order valence-corrected chi connectivity index (χ1v) is 7.17. The third-order valence-corrected chi connectivity index (χ3v) is 3.93. The van der Waals surface area contributed by atoms with Crippen LogP contribution < -0.4 is 5.32 Å². The highest BCUT2D eigenvalue weighted by molar-refractivity contribution is 5.83. The number of nitrogens with zero attached hydrogens (tertiary/aromatic N) is 1. The number of halogens is 1. The van der Waals surface area contributed by atoms with Gasteiger partial charge in [0, 0.05) is 36.7 Å². The molecule has 0 bridgehead atoms. The molecule has 0 saturated heterocycles. The molecule has 3 aromatic rings. The Hall–Kier alpha value is -2.13. The zero-order valence-corrected chi connectivity index (χ0v) is 12.3. The lowest BCUT2D eigenvalue weighted by molar-refractivity contribution is 0.566. The minimum absolute atomic E-state index is 0.111. The summed E-state index contributed by atoms with van der Waals surface area (Å²) in [6, 6.07) is 15.2. The zero-order chi connectivity index (χ0) is 14.8. The van der Waals surface area contributed by atoms with Gasteiger partial charge in [0.1, 0.15) is 5.82 Å². The molecule has 3 rings (SSSR count). The van der Waals surface area contributed by atoms with Crippen molar-refractivity contribution in [2.24, 2.45) is 7.05 Å². The third kappa shape index (κ3) is 2.83. The summed E-state index contributed by atoms with van der Waals surface area (Å²) in [5.74, 6) is -0.189. The van der Waals surface area contributed by atoms with Crippen LogP contribution >= 0.6 is 0 Å². The van der Waals surface area contributed by atoms with Crippen LogP contribution in [0.3, 0.4) is 0 Å². The minimum atomic E-state index is -0.189. The zero-order valence-electron chi connectivity index (χ0n) is 12.3. The number of fused-ring (bicyclic) bond motifs is 1. The Morgan fingerprint density at radius 2 is 1.95 bits per heavy atom. The smallest absolute Gasteiger partial charge is 0.123 e. The van der Waals surface area contributed by atoms with E-state index in [1.807, 2.05) is 6.07 Å². The fraction of sp³-hybridized carbons (Fsp3) is 0.222. The lowest BCUT2D eigenvalue weighted by Gasteiger charge is -2.14. The van der Waals surface area contributed by atoms with Gasteiger partial charge in [-0.1, -0.05) is 30.3 Å². The number of para-hydroxylation sites is 1. The Bertz CT molecular complexity index is 761. The van der Waals surface area contributed by atoms with Gasteiger partial charge in [-0.15, -0.1) is 0 Å². The normalized spacial score (nSPS) is 12.7. The van der Waals surface area contributed by atoms with Crippen LogP contribution in [0.1, 0.15) is 24.1 Å². The second-order valence-corrected chi connectivity index (χ2v) is 5.44. The van der Waals surface area contributed by atoms with E-state index in [4.69, 9.17) is 0 Å². The van der Waals surface area contributed by atoms with Crippen molar-refractivity contribution in [3.05, 3.63) is 71.7 Å². The number of benzene rings is 2. The number of nitrogens with one attached hydrogen (secondary N) is 1. The standard InChI is InChI=1S/C18H19FN2/c1-13(14-6-5-7-16(19)10-14)20-11-15-12-21(2)18-9-4-3-8-17(15)18/h3-10,12-13,20H,11H2,1-2H3/t13-/m1/s1. The summed E-state index contributed by atoms with van der Waals surface area (Å²) in [5, 5.41) is 4.73. The molecule has 1 N–H and O–H groups in total. The quantitative estimate of drug-likeness (QED) is 0.760. The van der Waals surface area contributed by atoms with Crippen molar-refractivity contribution in [1.29, 1.82) is 0 Å². The van der Waals surface area contributed by atoms with Gasteiger partial charge in [0.05, 0.1) is 0 Å². The molecule has 1 atom stereocenters. The second kappa shape index (κ2) is 5.70. The molecular formula is C18H19FN2.